The van der Waals surface area contributed by atoms with Gasteiger partial charge in [-0.05, 0) is 31.0 Å². The van der Waals surface area contributed by atoms with E-state index in [0.29, 0.717) is 0 Å². The Morgan fingerprint density at radius 1 is 1.07 bits per heavy atom. The fourth-order valence-corrected chi connectivity index (χ4v) is 2.20. The lowest BCUT2D eigenvalue weighted by atomic mass is 9.93. The van der Waals surface area contributed by atoms with Crippen LogP contribution in [-0.2, 0) is 20.7 Å². The van der Waals surface area contributed by atoms with E-state index in [1.165, 1.54) is 13.0 Å². The number of aliphatic hydroxyl groups is 1. The van der Waals surface area contributed by atoms with Crippen LogP contribution >= 0.6 is 0 Å². The Labute approximate surface area is 160 Å². The molecule has 150 valence electrons. The average molecular weight is 392 g/mol. The fourth-order valence-electron chi connectivity index (χ4n) is 2.20. The van der Waals surface area contributed by atoms with E-state index in [4.69, 9.17) is 9.47 Å². The molecule has 0 radical (unpaired) electrons. The number of ether oxygens (including phenoxy) is 2. The Hall–Kier alpha value is -3.46. The lowest BCUT2D eigenvalue weighted by Crippen LogP contribution is -2.27. The van der Waals surface area contributed by atoms with Crippen LogP contribution in [0.4, 0.5) is 0 Å². The number of aromatic carboxylic acids is 2. The standard InChI is InChI=1S/C19H20O9/c1-4-5-12-13(16(21)22)6-7-14(17(23)24)15(12)19(26)28-9-11(20)8-27-18(25)10(2)3/h4,6-7,11,20H,1-2,5,8-9H2,3H3,(H,21,22)(H,23,24). The smallest absolute Gasteiger partial charge is 0.339 e. The van der Waals surface area contributed by atoms with E-state index in [2.05, 4.69) is 13.2 Å². The molecule has 1 aromatic carbocycles. The van der Waals surface area contributed by atoms with Gasteiger partial charge < -0.3 is 24.8 Å². The van der Waals surface area contributed by atoms with Crippen LogP contribution in [0.25, 0.3) is 0 Å². The second-order valence-electron chi connectivity index (χ2n) is 5.75. The Morgan fingerprint density at radius 2 is 1.61 bits per heavy atom. The zero-order valence-corrected chi connectivity index (χ0v) is 15.1. The van der Waals surface area contributed by atoms with E-state index in [1.54, 1.807) is 0 Å². The van der Waals surface area contributed by atoms with Gasteiger partial charge in [0.15, 0.2) is 0 Å². The zero-order valence-electron chi connectivity index (χ0n) is 15.1. The van der Waals surface area contributed by atoms with Crippen molar-refractivity contribution in [3.05, 3.63) is 59.2 Å². The summed E-state index contributed by atoms with van der Waals surface area (Å²) in [6, 6.07) is 2.06. The lowest BCUT2D eigenvalue weighted by Gasteiger charge is -2.16. The van der Waals surface area contributed by atoms with Gasteiger partial charge in [0.25, 0.3) is 0 Å². The number of rotatable bonds is 10. The molecule has 1 unspecified atom stereocenters. The minimum Gasteiger partial charge on any atom is -0.478 e. The van der Waals surface area contributed by atoms with Crippen LogP contribution in [0.2, 0.25) is 0 Å². The van der Waals surface area contributed by atoms with Gasteiger partial charge in [0.1, 0.15) is 19.3 Å². The Bertz CT molecular complexity index is 823. The molecular weight excluding hydrogens is 372 g/mol. The number of hydrogen-bond acceptors (Lipinski definition) is 7. The number of carbonyl (C=O) groups is 4. The maximum atomic E-state index is 12.4. The molecule has 0 amide bonds. The number of aliphatic hydroxyl groups excluding tert-OH is 1. The predicted molar refractivity (Wildman–Crippen MR) is 96.3 cm³/mol. The van der Waals surface area contributed by atoms with Crippen molar-refractivity contribution in [3.63, 3.8) is 0 Å². The highest BCUT2D eigenvalue weighted by Crippen LogP contribution is 2.22. The van der Waals surface area contributed by atoms with E-state index in [9.17, 15) is 34.5 Å². The molecule has 0 saturated carbocycles. The number of carboxylic acids is 2. The minimum absolute atomic E-state index is 0.0735. The number of esters is 2. The van der Waals surface area contributed by atoms with Crippen molar-refractivity contribution in [2.45, 2.75) is 19.4 Å². The number of allylic oxidation sites excluding steroid dienone is 1. The van der Waals surface area contributed by atoms with Crippen molar-refractivity contribution >= 4 is 23.9 Å². The average Bonchev–Trinajstić information content (AvgIpc) is 2.63. The molecule has 0 saturated heterocycles. The van der Waals surface area contributed by atoms with Crippen molar-refractivity contribution < 1.29 is 44.0 Å². The molecule has 28 heavy (non-hydrogen) atoms. The lowest BCUT2D eigenvalue weighted by molar-refractivity contribution is -0.142. The molecule has 0 fully saturated rings. The van der Waals surface area contributed by atoms with Crippen molar-refractivity contribution in [3.8, 4) is 0 Å². The molecule has 0 bridgehead atoms. The largest absolute Gasteiger partial charge is 0.478 e. The molecule has 1 rings (SSSR count). The third-order valence-corrected chi connectivity index (χ3v) is 3.49. The van der Waals surface area contributed by atoms with Gasteiger partial charge in [-0.2, -0.15) is 0 Å². The summed E-state index contributed by atoms with van der Waals surface area (Å²) in [5, 5.41) is 28.4. The Kier molecular flexibility index (Phi) is 8.08. The number of carboxylic acid groups (broad SMARTS) is 2. The van der Waals surface area contributed by atoms with Crippen LogP contribution in [0.5, 0.6) is 0 Å². The van der Waals surface area contributed by atoms with Crippen LogP contribution in [0, 0.1) is 0 Å². The maximum Gasteiger partial charge on any atom is 0.339 e. The number of hydrogen-bond donors (Lipinski definition) is 3. The molecule has 0 aliphatic rings. The second-order valence-corrected chi connectivity index (χ2v) is 5.75. The second kappa shape index (κ2) is 10.0. The molecule has 0 aliphatic heterocycles. The van der Waals surface area contributed by atoms with Crippen LogP contribution in [0.1, 0.15) is 43.6 Å². The van der Waals surface area contributed by atoms with Crippen molar-refractivity contribution in [2.24, 2.45) is 0 Å². The van der Waals surface area contributed by atoms with Gasteiger partial charge in [-0.15, -0.1) is 6.58 Å². The summed E-state index contributed by atoms with van der Waals surface area (Å²) < 4.78 is 9.62. The Balaban J connectivity index is 3.07. The van der Waals surface area contributed by atoms with Crippen molar-refractivity contribution in [1.29, 1.82) is 0 Å². The van der Waals surface area contributed by atoms with Crippen LogP contribution in [0.3, 0.4) is 0 Å². The first-order chi connectivity index (χ1) is 13.1. The number of carbonyl (C=O) groups excluding carboxylic acids is 2. The zero-order chi connectivity index (χ0) is 21.4. The molecule has 0 heterocycles. The highest BCUT2D eigenvalue weighted by Gasteiger charge is 2.26. The summed E-state index contributed by atoms with van der Waals surface area (Å²) >= 11 is 0. The van der Waals surface area contributed by atoms with Gasteiger partial charge in [-0.25, -0.2) is 19.2 Å². The van der Waals surface area contributed by atoms with Crippen LogP contribution in [0.15, 0.2) is 36.9 Å². The first kappa shape index (κ1) is 22.6. The first-order valence-electron chi connectivity index (χ1n) is 8.01. The third kappa shape index (κ3) is 5.78. The molecule has 0 spiro atoms. The highest BCUT2D eigenvalue weighted by molar-refractivity contribution is 6.06. The summed E-state index contributed by atoms with van der Waals surface area (Å²) in [6.07, 6.45) is -0.145. The summed E-state index contributed by atoms with van der Waals surface area (Å²) in [4.78, 5) is 46.6. The third-order valence-electron chi connectivity index (χ3n) is 3.49. The molecular formula is C19H20O9. The van der Waals surface area contributed by atoms with Crippen LogP contribution < -0.4 is 0 Å². The van der Waals surface area contributed by atoms with Crippen molar-refractivity contribution in [1.82, 2.24) is 0 Å². The fraction of sp³-hybridized carbons (Fsp3) is 0.263. The molecule has 1 aromatic rings. The van der Waals surface area contributed by atoms with Gasteiger partial charge in [-0.1, -0.05) is 12.7 Å². The monoisotopic (exact) mass is 392 g/mol. The van der Waals surface area contributed by atoms with Crippen LogP contribution in [-0.4, -0.2) is 58.5 Å². The maximum absolute atomic E-state index is 12.4. The van der Waals surface area contributed by atoms with E-state index >= 15 is 0 Å². The summed E-state index contributed by atoms with van der Waals surface area (Å²) in [7, 11) is 0. The topological polar surface area (TPSA) is 147 Å². The summed E-state index contributed by atoms with van der Waals surface area (Å²) in [5.74, 6) is -4.68. The van der Waals surface area contributed by atoms with Gasteiger partial charge in [0.2, 0.25) is 0 Å². The minimum atomic E-state index is -1.45. The normalized spacial score (nSPS) is 11.2. The van der Waals surface area contributed by atoms with Gasteiger partial charge in [0.05, 0.1) is 16.7 Å². The predicted octanol–water partition coefficient (Wildman–Crippen LogP) is 1.45. The SMILES string of the molecule is C=CCc1c(C(=O)O)ccc(C(=O)O)c1C(=O)OCC(O)COC(=O)C(=C)C. The molecule has 0 aliphatic carbocycles. The van der Waals surface area contributed by atoms with E-state index < -0.39 is 54.3 Å². The van der Waals surface area contributed by atoms with E-state index in [-0.39, 0.29) is 23.1 Å². The molecule has 0 aromatic heterocycles. The van der Waals surface area contributed by atoms with E-state index in [1.807, 2.05) is 0 Å². The summed E-state index contributed by atoms with van der Waals surface area (Å²) in [5.41, 5.74) is -1.12. The van der Waals surface area contributed by atoms with Gasteiger partial charge >= 0.3 is 23.9 Å². The highest BCUT2D eigenvalue weighted by atomic mass is 16.6. The quantitative estimate of drug-likeness (QED) is 0.306. The van der Waals surface area contributed by atoms with Gasteiger partial charge in [0, 0.05) is 5.57 Å². The van der Waals surface area contributed by atoms with Crippen molar-refractivity contribution in [2.75, 3.05) is 13.2 Å². The Morgan fingerprint density at radius 3 is 2.11 bits per heavy atom. The van der Waals surface area contributed by atoms with E-state index in [0.717, 1.165) is 12.1 Å². The molecule has 1 atom stereocenters. The van der Waals surface area contributed by atoms with Gasteiger partial charge in [-0.3, -0.25) is 0 Å². The summed E-state index contributed by atoms with van der Waals surface area (Å²) in [6.45, 7) is 7.18. The molecule has 9 heteroatoms. The number of benzene rings is 1. The molecule has 9 nitrogen and oxygen atoms in total. The molecule has 3 N–H and O–H groups in total. The first-order valence-corrected chi connectivity index (χ1v) is 8.01.